The molecule has 8 nitrogen and oxygen atoms in total. The monoisotopic (exact) mass is 638 g/mol. The van der Waals surface area contributed by atoms with E-state index >= 15 is 0 Å². The van der Waals surface area contributed by atoms with Gasteiger partial charge in [-0.05, 0) is 84.2 Å². The number of amides is 2. The fourth-order valence-electron chi connectivity index (χ4n) is 5.36. The lowest BCUT2D eigenvalue weighted by Gasteiger charge is -2.16. The molecule has 204 valence electrons. The average molecular weight is 639 g/mol. The van der Waals surface area contributed by atoms with Crippen LogP contribution in [-0.4, -0.2) is 37.4 Å². The van der Waals surface area contributed by atoms with E-state index in [1.54, 1.807) is 4.68 Å². The van der Waals surface area contributed by atoms with Gasteiger partial charge in [0.25, 0.3) is 0 Å². The summed E-state index contributed by atoms with van der Waals surface area (Å²) in [5.41, 5.74) is 3.90. The zero-order valence-corrected chi connectivity index (χ0v) is 24.3. The van der Waals surface area contributed by atoms with E-state index in [1.165, 1.54) is 36.6 Å². The minimum absolute atomic E-state index is 0.0968. The number of rotatable bonds is 10. The molecule has 0 unspecified atom stereocenters. The molecule has 4 aromatic rings. The maximum absolute atomic E-state index is 12.6. The zero-order chi connectivity index (χ0) is 27.0. The Balaban J connectivity index is 1.17. The SMILES string of the molecule is O=C(Cn1cc(Cn2cc(CCCC(=O)NC3CCCCCC3)c3ccccc32)nn1)Nc1ccc(I)cc1. The van der Waals surface area contributed by atoms with Gasteiger partial charge in [0.2, 0.25) is 11.8 Å². The van der Waals surface area contributed by atoms with Crippen molar-refractivity contribution in [3.05, 3.63) is 75.8 Å². The summed E-state index contributed by atoms with van der Waals surface area (Å²) in [5.74, 6) is 0.0257. The van der Waals surface area contributed by atoms with E-state index in [0.717, 1.165) is 46.2 Å². The minimum atomic E-state index is -0.149. The molecule has 2 aromatic carbocycles. The number of fused-ring (bicyclic) bond motifs is 1. The van der Waals surface area contributed by atoms with Crippen molar-refractivity contribution in [3.63, 3.8) is 0 Å². The molecule has 1 saturated carbocycles. The Kier molecular flexibility index (Phi) is 9.28. The highest BCUT2D eigenvalue weighted by Crippen LogP contribution is 2.24. The summed E-state index contributed by atoms with van der Waals surface area (Å²) >= 11 is 2.23. The van der Waals surface area contributed by atoms with Gasteiger partial charge in [0, 0.05) is 38.8 Å². The van der Waals surface area contributed by atoms with Crippen LogP contribution in [0, 0.1) is 3.57 Å². The molecular weight excluding hydrogens is 603 g/mol. The number of para-hydroxylation sites is 1. The van der Waals surface area contributed by atoms with Crippen molar-refractivity contribution in [2.24, 2.45) is 0 Å². The first-order valence-electron chi connectivity index (χ1n) is 13.8. The first-order chi connectivity index (χ1) is 19.0. The molecule has 1 aliphatic carbocycles. The summed E-state index contributed by atoms with van der Waals surface area (Å²) in [5, 5.41) is 15.8. The van der Waals surface area contributed by atoms with E-state index in [9.17, 15) is 9.59 Å². The van der Waals surface area contributed by atoms with Crippen molar-refractivity contribution in [3.8, 4) is 0 Å². The standard InChI is InChI=1S/C30H35IN6O2/c31-23-14-16-25(17-15-23)33-30(39)21-37-20-26(34-35-37)19-36-18-22(27-11-5-6-12-28(27)36)8-7-13-29(38)32-24-9-3-1-2-4-10-24/h5-6,11-12,14-18,20,24H,1-4,7-10,13,19,21H2,(H,32,38)(H,33,39). The lowest BCUT2D eigenvalue weighted by atomic mass is 10.1. The Morgan fingerprint density at radius 2 is 1.72 bits per heavy atom. The normalized spacial score (nSPS) is 14.3. The number of anilines is 1. The molecule has 5 rings (SSSR count). The summed E-state index contributed by atoms with van der Waals surface area (Å²) < 4.78 is 4.86. The van der Waals surface area contributed by atoms with Crippen LogP contribution in [0.3, 0.4) is 0 Å². The zero-order valence-electron chi connectivity index (χ0n) is 22.1. The van der Waals surface area contributed by atoms with Gasteiger partial charge in [-0.15, -0.1) is 5.10 Å². The number of aromatic nitrogens is 4. The van der Waals surface area contributed by atoms with Gasteiger partial charge in [0.1, 0.15) is 12.2 Å². The lowest BCUT2D eigenvalue weighted by Crippen LogP contribution is -2.34. The van der Waals surface area contributed by atoms with Gasteiger partial charge < -0.3 is 15.2 Å². The molecule has 39 heavy (non-hydrogen) atoms. The maximum Gasteiger partial charge on any atom is 0.246 e. The highest BCUT2D eigenvalue weighted by atomic mass is 127. The van der Waals surface area contributed by atoms with Crippen LogP contribution in [0.5, 0.6) is 0 Å². The first kappa shape index (κ1) is 27.4. The number of hydrogen-bond acceptors (Lipinski definition) is 4. The van der Waals surface area contributed by atoms with E-state index < -0.39 is 0 Å². The van der Waals surface area contributed by atoms with Gasteiger partial charge in [-0.2, -0.15) is 0 Å². The van der Waals surface area contributed by atoms with Gasteiger partial charge in [0.05, 0.1) is 12.7 Å². The van der Waals surface area contributed by atoms with Crippen molar-refractivity contribution in [1.29, 1.82) is 0 Å². The van der Waals surface area contributed by atoms with Crippen molar-refractivity contribution >= 4 is 51.0 Å². The Labute approximate surface area is 242 Å². The van der Waals surface area contributed by atoms with Gasteiger partial charge >= 0.3 is 0 Å². The van der Waals surface area contributed by atoms with Crippen LogP contribution in [0.25, 0.3) is 10.9 Å². The van der Waals surface area contributed by atoms with Gasteiger partial charge in [-0.25, -0.2) is 4.68 Å². The van der Waals surface area contributed by atoms with Crippen molar-refractivity contribution in [2.45, 2.75) is 76.9 Å². The van der Waals surface area contributed by atoms with E-state index in [2.05, 4.69) is 72.5 Å². The summed E-state index contributed by atoms with van der Waals surface area (Å²) in [6.07, 6.45) is 13.4. The largest absolute Gasteiger partial charge is 0.353 e. The summed E-state index contributed by atoms with van der Waals surface area (Å²) in [4.78, 5) is 25.0. The van der Waals surface area contributed by atoms with Crippen LogP contribution in [0.4, 0.5) is 5.69 Å². The number of benzene rings is 2. The van der Waals surface area contributed by atoms with E-state index in [1.807, 2.05) is 36.5 Å². The molecular formula is C30H35IN6O2. The smallest absolute Gasteiger partial charge is 0.246 e. The van der Waals surface area contributed by atoms with Crippen LogP contribution < -0.4 is 10.6 Å². The molecule has 0 radical (unpaired) electrons. The molecule has 9 heteroatoms. The highest BCUT2D eigenvalue weighted by molar-refractivity contribution is 14.1. The van der Waals surface area contributed by atoms with Gasteiger partial charge in [-0.1, -0.05) is 49.1 Å². The molecule has 0 spiro atoms. The molecule has 1 fully saturated rings. The number of carbonyl (C=O) groups is 2. The number of aryl methyl sites for hydroxylation is 1. The minimum Gasteiger partial charge on any atom is -0.353 e. The van der Waals surface area contributed by atoms with Crippen LogP contribution in [0.15, 0.2) is 60.9 Å². The lowest BCUT2D eigenvalue weighted by molar-refractivity contribution is -0.122. The Bertz CT molecular complexity index is 1400. The number of carbonyl (C=O) groups excluding carboxylic acids is 2. The maximum atomic E-state index is 12.6. The molecule has 1 aliphatic rings. The molecule has 0 atom stereocenters. The van der Waals surface area contributed by atoms with Gasteiger partial charge in [0.15, 0.2) is 0 Å². The third-order valence-electron chi connectivity index (χ3n) is 7.29. The molecule has 2 heterocycles. The van der Waals surface area contributed by atoms with Crippen LogP contribution >= 0.6 is 22.6 Å². The quantitative estimate of drug-likeness (QED) is 0.173. The number of nitrogens with one attached hydrogen (secondary N) is 2. The highest BCUT2D eigenvalue weighted by Gasteiger charge is 2.16. The third kappa shape index (κ3) is 7.68. The van der Waals surface area contributed by atoms with E-state index in [0.29, 0.717) is 19.0 Å². The second kappa shape index (κ2) is 13.2. The third-order valence-corrected chi connectivity index (χ3v) is 8.01. The summed E-state index contributed by atoms with van der Waals surface area (Å²) in [7, 11) is 0. The molecule has 2 N–H and O–H groups in total. The molecule has 0 aliphatic heterocycles. The predicted octanol–water partition coefficient (Wildman–Crippen LogP) is 5.69. The Morgan fingerprint density at radius 1 is 0.949 bits per heavy atom. The molecule has 2 aromatic heterocycles. The second-order valence-electron chi connectivity index (χ2n) is 10.4. The molecule has 0 saturated heterocycles. The van der Waals surface area contributed by atoms with Crippen LogP contribution in [0.1, 0.15) is 62.6 Å². The topological polar surface area (TPSA) is 93.8 Å². The second-order valence-corrected chi connectivity index (χ2v) is 11.6. The van der Waals surface area contributed by atoms with Crippen LogP contribution in [-0.2, 0) is 29.1 Å². The Hall–Kier alpha value is -3.21. The number of hydrogen-bond donors (Lipinski definition) is 2. The van der Waals surface area contributed by atoms with Crippen molar-refractivity contribution in [1.82, 2.24) is 24.9 Å². The van der Waals surface area contributed by atoms with E-state index in [-0.39, 0.29) is 18.4 Å². The van der Waals surface area contributed by atoms with Crippen molar-refractivity contribution < 1.29 is 9.59 Å². The fourth-order valence-corrected chi connectivity index (χ4v) is 5.72. The Morgan fingerprint density at radius 3 is 2.51 bits per heavy atom. The van der Waals surface area contributed by atoms with Crippen molar-refractivity contribution in [2.75, 3.05) is 5.32 Å². The van der Waals surface area contributed by atoms with Gasteiger partial charge in [-0.3, -0.25) is 9.59 Å². The number of halogens is 1. The summed E-state index contributed by atoms with van der Waals surface area (Å²) in [6.45, 7) is 0.654. The predicted molar refractivity (Wildman–Crippen MR) is 161 cm³/mol. The van der Waals surface area contributed by atoms with E-state index in [4.69, 9.17) is 0 Å². The fraction of sp³-hybridized carbons (Fsp3) is 0.400. The molecule has 0 bridgehead atoms. The van der Waals surface area contributed by atoms with Crippen LogP contribution in [0.2, 0.25) is 0 Å². The average Bonchev–Trinajstić information content (AvgIpc) is 3.40. The summed E-state index contributed by atoms with van der Waals surface area (Å²) in [6, 6.07) is 16.3. The molecule has 2 amide bonds. The number of nitrogens with zero attached hydrogens (tertiary/aromatic N) is 4. The first-order valence-corrected chi connectivity index (χ1v) is 14.9.